The van der Waals surface area contributed by atoms with Gasteiger partial charge in [0.25, 0.3) is 5.91 Å². The van der Waals surface area contributed by atoms with Crippen LogP contribution in [0.25, 0.3) is 10.9 Å². The maximum absolute atomic E-state index is 13.2. The molecule has 3 rings (SSSR count). The van der Waals surface area contributed by atoms with Crippen molar-refractivity contribution >= 4 is 57.8 Å². The SMILES string of the molecule is CCCC[C@H](NC(=O)[C@H](CCC(=O)O)NC(=O)c1ccc(Cl)c(Cl)c1)C(=O)NCCc1c[nH]c2ccccc12. The number of carboxylic acids is 1. The van der Waals surface area contributed by atoms with Crippen LogP contribution in [-0.4, -0.2) is 52.4 Å². The Bertz CT molecular complexity index is 1330. The van der Waals surface area contributed by atoms with Crippen molar-refractivity contribution in [2.75, 3.05) is 6.54 Å². The number of fused-ring (bicyclic) bond motifs is 1. The number of nitrogens with one attached hydrogen (secondary N) is 4. The molecule has 0 unspecified atom stereocenters. The van der Waals surface area contributed by atoms with Gasteiger partial charge in [0.05, 0.1) is 10.0 Å². The average molecular weight is 575 g/mol. The fourth-order valence-electron chi connectivity index (χ4n) is 4.15. The van der Waals surface area contributed by atoms with Crippen molar-refractivity contribution in [1.29, 1.82) is 0 Å². The molecule has 3 aromatic rings. The minimum atomic E-state index is -1.17. The van der Waals surface area contributed by atoms with Crippen molar-refractivity contribution in [2.24, 2.45) is 0 Å². The summed E-state index contributed by atoms with van der Waals surface area (Å²) >= 11 is 11.9. The number of H-pyrrole nitrogens is 1. The quantitative estimate of drug-likeness (QED) is 0.193. The molecule has 0 aliphatic carbocycles. The van der Waals surface area contributed by atoms with Gasteiger partial charge in [-0.05, 0) is 49.1 Å². The van der Waals surface area contributed by atoms with Crippen molar-refractivity contribution in [2.45, 2.75) is 57.5 Å². The molecule has 0 aliphatic rings. The summed E-state index contributed by atoms with van der Waals surface area (Å²) in [6.07, 6.45) is 3.91. The van der Waals surface area contributed by atoms with Gasteiger partial charge in [0.2, 0.25) is 11.8 Å². The number of carboxylic acid groups (broad SMARTS) is 1. The van der Waals surface area contributed by atoms with Crippen LogP contribution in [0.2, 0.25) is 10.0 Å². The summed E-state index contributed by atoms with van der Waals surface area (Å²) in [5.41, 5.74) is 2.25. The summed E-state index contributed by atoms with van der Waals surface area (Å²) in [5, 5.41) is 18.8. The maximum atomic E-state index is 13.2. The van der Waals surface area contributed by atoms with E-state index >= 15 is 0 Å². The fourth-order valence-corrected chi connectivity index (χ4v) is 4.45. The Morgan fingerprint density at radius 2 is 1.69 bits per heavy atom. The molecule has 0 aliphatic heterocycles. The standard InChI is InChI=1S/C28H32Cl2N4O5/c1-2-3-7-23(27(38)31-14-13-18-16-32-22-8-5-4-6-19(18)22)34-28(39)24(11-12-25(35)36)33-26(37)17-9-10-20(29)21(30)15-17/h4-6,8-10,15-16,23-24,32H,2-3,7,11-14H2,1H3,(H,31,38)(H,33,37)(H,34,39)(H,35,36)/t23-,24-/m0/s1. The summed E-state index contributed by atoms with van der Waals surface area (Å²) in [7, 11) is 0. The van der Waals surface area contributed by atoms with Crippen LogP contribution >= 0.6 is 23.2 Å². The molecule has 2 aromatic carbocycles. The molecular formula is C28H32Cl2N4O5. The van der Waals surface area contributed by atoms with Gasteiger partial charge in [-0.3, -0.25) is 19.2 Å². The van der Waals surface area contributed by atoms with E-state index in [1.54, 1.807) is 0 Å². The summed E-state index contributed by atoms with van der Waals surface area (Å²) in [4.78, 5) is 53.4. The molecule has 208 valence electrons. The van der Waals surface area contributed by atoms with E-state index < -0.39 is 29.9 Å². The zero-order valence-electron chi connectivity index (χ0n) is 21.6. The highest BCUT2D eigenvalue weighted by molar-refractivity contribution is 6.42. The summed E-state index contributed by atoms with van der Waals surface area (Å²) in [5.74, 6) is -2.72. The molecule has 0 bridgehead atoms. The smallest absolute Gasteiger partial charge is 0.303 e. The van der Waals surface area contributed by atoms with Crippen molar-refractivity contribution in [3.8, 4) is 0 Å². The lowest BCUT2D eigenvalue weighted by Gasteiger charge is -2.23. The van der Waals surface area contributed by atoms with Gasteiger partial charge in [-0.2, -0.15) is 0 Å². The molecule has 0 saturated heterocycles. The lowest BCUT2D eigenvalue weighted by Crippen LogP contribution is -2.54. The predicted molar refractivity (Wildman–Crippen MR) is 151 cm³/mol. The number of carbonyl (C=O) groups is 4. The fraction of sp³-hybridized carbons (Fsp3) is 0.357. The Kier molecular flexibility index (Phi) is 11.2. The highest BCUT2D eigenvalue weighted by Crippen LogP contribution is 2.22. The van der Waals surface area contributed by atoms with Crippen LogP contribution in [0.15, 0.2) is 48.7 Å². The molecular weight excluding hydrogens is 543 g/mol. The lowest BCUT2D eigenvalue weighted by atomic mass is 10.1. The molecule has 5 N–H and O–H groups in total. The van der Waals surface area contributed by atoms with Gasteiger partial charge in [-0.15, -0.1) is 0 Å². The summed E-state index contributed by atoms with van der Waals surface area (Å²) in [6, 6.07) is 10.1. The number of aliphatic carboxylic acids is 1. The molecule has 1 heterocycles. The van der Waals surface area contributed by atoms with Gasteiger partial charge >= 0.3 is 5.97 Å². The molecule has 39 heavy (non-hydrogen) atoms. The van der Waals surface area contributed by atoms with Gasteiger partial charge in [0.15, 0.2) is 0 Å². The number of aromatic nitrogens is 1. The second-order valence-electron chi connectivity index (χ2n) is 9.19. The van der Waals surface area contributed by atoms with E-state index in [0.717, 1.165) is 22.9 Å². The van der Waals surface area contributed by atoms with E-state index in [9.17, 15) is 19.2 Å². The highest BCUT2D eigenvalue weighted by atomic mass is 35.5. The Hall–Kier alpha value is -3.56. The molecule has 0 spiro atoms. The number of amides is 3. The van der Waals surface area contributed by atoms with Crippen molar-refractivity contribution in [3.63, 3.8) is 0 Å². The minimum Gasteiger partial charge on any atom is -0.481 e. The van der Waals surface area contributed by atoms with Gasteiger partial charge in [0, 0.05) is 35.6 Å². The number of para-hydroxylation sites is 1. The Morgan fingerprint density at radius 1 is 0.949 bits per heavy atom. The van der Waals surface area contributed by atoms with Gasteiger partial charge in [-0.25, -0.2) is 0 Å². The number of halogens is 2. The third-order valence-corrected chi connectivity index (χ3v) is 7.04. The zero-order chi connectivity index (χ0) is 28.4. The summed E-state index contributed by atoms with van der Waals surface area (Å²) in [6.45, 7) is 2.34. The molecule has 3 amide bonds. The van der Waals surface area contributed by atoms with E-state index in [1.807, 2.05) is 37.4 Å². The first kappa shape index (κ1) is 30.0. The third kappa shape index (κ3) is 8.73. The van der Waals surface area contributed by atoms with Gasteiger partial charge in [-0.1, -0.05) is 61.2 Å². The molecule has 2 atom stereocenters. The Balaban J connectivity index is 1.65. The second kappa shape index (κ2) is 14.6. The molecule has 11 heteroatoms. The van der Waals surface area contributed by atoms with Crippen molar-refractivity contribution < 1.29 is 24.3 Å². The van der Waals surface area contributed by atoms with Crippen molar-refractivity contribution in [1.82, 2.24) is 20.9 Å². The first-order valence-electron chi connectivity index (χ1n) is 12.8. The van der Waals surface area contributed by atoms with Crippen LogP contribution < -0.4 is 16.0 Å². The van der Waals surface area contributed by atoms with Gasteiger partial charge < -0.3 is 26.0 Å². The first-order valence-corrected chi connectivity index (χ1v) is 13.6. The Morgan fingerprint density at radius 3 is 2.41 bits per heavy atom. The van der Waals surface area contributed by atoms with E-state index in [2.05, 4.69) is 20.9 Å². The van der Waals surface area contributed by atoms with Crippen LogP contribution in [0, 0.1) is 0 Å². The van der Waals surface area contributed by atoms with Gasteiger partial charge in [0.1, 0.15) is 12.1 Å². The predicted octanol–water partition coefficient (Wildman–Crippen LogP) is 4.47. The number of unbranched alkanes of at least 4 members (excludes halogenated alkanes) is 1. The number of rotatable bonds is 14. The van der Waals surface area contributed by atoms with E-state index in [1.165, 1.54) is 18.2 Å². The van der Waals surface area contributed by atoms with Crippen LogP contribution in [0.4, 0.5) is 0 Å². The van der Waals surface area contributed by atoms with E-state index in [4.69, 9.17) is 28.3 Å². The minimum absolute atomic E-state index is 0.156. The number of hydrogen-bond donors (Lipinski definition) is 5. The van der Waals surface area contributed by atoms with Crippen LogP contribution in [0.5, 0.6) is 0 Å². The zero-order valence-corrected chi connectivity index (χ0v) is 23.1. The normalized spacial score (nSPS) is 12.5. The lowest BCUT2D eigenvalue weighted by molar-refractivity contribution is -0.137. The average Bonchev–Trinajstić information content (AvgIpc) is 3.33. The van der Waals surface area contributed by atoms with Crippen LogP contribution in [-0.2, 0) is 20.8 Å². The monoisotopic (exact) mass is 574 g/mol. The van der Waals surface area contributed by atoms with Crippen LogP contribution in [0.1, 0.15) is 54.9 Å². The van der Waals surface area contributed by atoms with E-state index in [-0.39, 0.29) is 34.4 Å². The van der Waals surface area contributed by atoms with E-state index in [0.29, 0.717) is 25.8 Å². The van der Waals surface area contributed by atoms with Crippen LogP contribution in [0.3, 0.4) is 0 Å². The first-order chi connectivity index (χ1) is 18.7. The maximum Gasteiger partial charge on any atom is 0.303 e. The number of carbonyl (C=O) groups excluding carboxylic acids is 3. The molecule has 9 nitrogen and oxygen atoms in total. The molecule has 1 aromatic heterocycles. The van der Waals surface area contributed by atoms with Crippen molar-refractivity contribution in [3.05, 3.63) is 69.8 Å². The largest absolute Gasteiger partial charge is 0.481 e. The molecule has 0 fully saturated rings. The number of benzene rings is 2. The summed E-state index contributed by atoms with van der Waals surface area (Å²) < 4.78 is 0. The molecule has 0 saturated carbocycles. The number of hydrogen-bond acceptors (Lipinski definition) is 4. The second-order valence-corrected chi connectivity index (χ2v) is 10.0. The third-order valence-electron chi connectivity index (χ3n) is 6.30. The molecule has 0 radical (unpaired) electrons. The topological polar surface area (TPSA) is 140 Å². The number of aromatic amines is 1. The highest BCUT2D eigenvalue weighted by Gasteiger charge is 2.27. The Labute approximate surface area is 236 Å².